The molecule has 2 amide bonds. The Bertz CT molecular complexity index is 325. The van der Waals surface area contributed by atoms with E-state index < -0.39 is 30.1 Å². The third-order valence-electron chi connectivity index (χ3n) is 2.96. The van der Waals surface area contributed by atoms with Crippen LogP contribution in [0.5, 0.6) is 0 Å². The minimum Gasteiger partial charge on any atom is -0.480 e. The van der Waals surface area contributed by atoms with Gasteiger partial charge in [-0.05, 0) is 19.8 Å². The second kappa shape index (κ2) is 5.45. The van der Waals surface area contributed by atoms with E-state index in [1.165, 1.54) is 11.8 Å². The molecule has 0 aromatic carbocycles. The quantitative estimate of drug-likeness (QED) is 0.796. The predicted octanol–water partition coefficient (Wildman–Crippen LogP) is 1.44. The fourth-order valence-corrected chi connectivity index (χ4v) is 1.75. The van der Waals surface area contributed by atoms with Crippen LogP contribution >= 0.6 is 0 Å². The first-order chi connectivity index (χ1) is 8.21. The van der Waals surface area contributed by atoms with Gasteiger partial charge in [-0.3, -0.25) is 4.79 Å². The van der Waals surface area contributed by atoms with Crippen LogP contribution in [0.3, 0.4) is 0 Å². The number of nitrogens with zero attached hydrogens (tertiary/aromatic N) is 1. The summed E-state index contributed by atoms with van der Waals surface area (Å²) < 4.78 is 37.2. The molecule has 1 rings (SSSR count). The summed E-state index contributed by atoms with van der Waals surface area (Å²) in [6, 6.07) is -1.69. The Morgan fingerprint density at radius 2 is 1.83 bits per heavy atom. The van der Waals surface area contributed by atoms with E-state index in [2.05, 4.69) is 5.32 Å². The van der Waals surface area contributed by atoms with E-state index in [9.17, 15) is 22.8 Å². The Labute approximate surface area is 102 Å². The standard InChI is InChI=1S/C10H15F3N2O3/c1-6(8(16)17)14-9(18)15-4-2-7(3-5-15)10(11,12)13/h6-7H,2-5H2,1H3,(H,14,18)(H,16,17). The van der Waals surface area contributed by atoms with Gasteiger partial charge in [0.15, 0.2) is 0 Å². The van der Waals surface area contributed by atoms with Crippen molar-refractivity contribution in [2.45, 2.75) is 32.0 Å². The van der Waals surface area contributed by atoms with Crippen molar-refractivity contribution in [3.63, 3.8) is 0 Å². The van der Waals surface area contributed by atoms with Gasteiger partial charge >= 0.3 is 18.2 Å². The number of carbonyl (C=O) groups is 2. The molecule has 18 heavy (non-hydrogen) atoms. The van der Waals surface area contributed by atoms with Crippen molar-refractivity contribution in [1.82, 2.24) is 10.2 Å². The summed E-state index contributed by atoms with van der Waals surface area (Å²) in [5.74, 6) is -2.56. The van der Waals surface area contributed by atoms with Crippen molar-refractivity contribution >= 4 is 12.0 Å². The number of nitrogens with one attached hydrogen (secondary N) is 1. The summed E-state index contributed by atoms with van der Waals surface area (Å²) in [5, 5.41) is 10.8. The molecular formula is C10H15F3N2O3. The molecule has 5 nitrogen and oxygen atoms in total. The molecule has 0 aromatic rings. The second-order valence-corrected chi connectivity index (χ2v) is 4.31. The molecule has 1 aliphatic heterocycles. The molecule has 0 radical (unpaired) electrons. The lowest BCUT2D eigenvalue weighted by Gasteiger charge is -2.33. The lowest BCUT2D eigenvalue weighted by Crippen LogP contribution is -2.50. The number of halogens is 3. The fraction of sp³-hybridized carbons (Fsp3) is 0.800. The van der Waals surface area contributed by atoms with Gasteiger partial charge < -0.3 is 15.3 Å². The monoisotopic (exact) mass is 268 g/mol. The van der Waals surface area contributed by atoms with E-state index in [0.29, 0.717) is 0 Å². The summed E-state index contributed by atoms with van der Waals surface area (Å²) in [6.45, 7) is 1.27. The second-order valence-electron chi connectivity index (χ2n) is 4.31. The Hall–Kier alpha value is -1.47. The Balaban J connectivity index is 2.43. The van der Waals surface area contributed by atoms with E-state index in [0.717, 1.165) is 0 Å². The normalized spacial score (nSPS) is 19.4. The molecule has 0 bridgehead atoms. The van der Waals surface area contributed by atoms with Crippen molar-refractivity contribution in [3.05, 3.63) is 0 Å². The molecule has 0 saturated carbocycles. The van der Waals surface area contributed by atoms with E-state index >= 15 is 0 Å². The average molecular weight is 268 g/mol. The maximum absolute atomic E-state index is 12.4. The summed E-state index contributed by atoms with van der Waals surface area (Å²) >= 11 is 0. The largest absolute Gasteiger partial charge is 0.480 e. The van der Waals surface area contributed by atoms with Crippen LogP contribution in [0.2, 0.25) is 0 Å². The maximum atomic E-state index is 12.4. The highest BCUT2D eigenvalue weighted by atomic mass is 19.4. The van der Waals surface area contributed by atoms with Gasteiger partial charge in [-0.2, -0.15) is 13.2 Å². The summed E-state index contributed by atoms with van der Waals surface area (Å²) in [4.78, 5) is 23.3. The number of hydrogen-bond acceptors (Lipinski definition) is 2. The molecular weight excluding hydrogens is 253 g/mol. The molecule has 1 fully saturated rings. The van der Waals surface area contributed by atoms with Gasteiger partial charge in [0.1, 0.15) is 6.04 Å². The number of likely N-dealkylation sites (tertiary alicyclic amines) is 1. The van der Waals surface area contributed by atoms with Crippen molar-refractivity contribution in [2.24, 2.45) is 5.92 Å². The van der Waals surface area contributed by atoms with Crippen molar-refractivity contribution in [2.75, 3.05) is 13.1 Å². The summed E-state index contributed by atoms with van der Waals surface area (Å²) in [5.41, 5.74) is 0. The lowest BCUT2D eigenvalue weighted by molar-refractivity contribution is -0.183. The zero-order valence-electron chi connectivity index (χ0n) is 9.83. The van der Waals surface area contributed by atoms with Crippen LogP contribution in [0.25, 0.3) is 0 Å². The van der Waals surface area contributed by atoms with Gasteiger partial charge in [0.05, 0.1) is 5.92 Å². The molecule has 0 aliphatic carbocycles. The first kappa shape index (κ1) is 14.6. The first-order valence-corrected chi connectivity index (χ1v) is 5.56. The third-order valence-corrected chi connectivity index (χ3v) is 2.96. The summed E-state index contributed by atoms with van der Waals surface area (Å²) in [6.07, 6.45) is -4.51. The molecule has 104 valence electrons. The zero-order chi connectivity index (χ0) is 13.9. The van der Waals surface area contributed by atoms with Crippen LogP contribution in [0, 0.1) is 5.92 Å². The van der Waals surface area contributed by atoms with Crippen LogP contribution in [0.15, 0.2) is 0 Å². The molecule has 1 heterocycles. The van der Waals surface area contributed by atoms with Gasteiger partial charge in [0, 0.05) is 13.1 Å². The molecule has 8 heteroatoms. The number of hydrogen-bond donors (Lipinski definition) is 2. The van der Waals surface area contributed by atoms with Crippen LogP contribution < -0.4 is 5.32 Å². The highest BCUT2D eigenvalue weighted by molar-refractivity contribution is 5.82. The number of piperidine rings is 1. The molecule has 0 spiro atoms. The molecule has 1 saturated heterocycles. The van der Waals surface area contributed by atoms with Gasteiger partial charge in [0.25, 0.3) is 0 Å². The van der Waals surface area contributed by atoms with Crippen LogP contribution in [-0.4, -0.2) is 47.3 Å². The topological polar surface area (TPSA) is 69.6 Å². The van der Waals surface area contributed by atoms with Crippen molar-refractivity contribution in [3.8, 4) is 0 Å². The Morgan fingerprint density at radius 1 is 1.33 bits per heavy atom. The molecule has 1 atom stereocenters. The van der Waals surface area contributed by atoms with E-state index in [1.54, 1.807) is 0 Å². The maximum Gasteiger partial charge on any atom is 0.391 e. The number of rotatable bonds is 2. The number of alkyl halides is 3. The number of aliphatic carboxylic acids is 1. The van der Waals surface area contributed by atoms with Crippen molar-refractivity contribution < 1.29 is 27.9 Å². The van der Waals surface area contributed by atoms with Gasteiger partial charge in [0.2, 0.25) is 0 Å². The van der Waals surface area contributed by atoms with E-state index in [1.807, 2.05) is 0 Å². The zero-order valence-corrected chi connectivity index (χ0v) is 9.83. The smallest absolute Gasteiger partial charge is 0.391 e. The number of amides is 2. The Morgan fingerprint density at radius 3 is 2.22 bits per heavy atom. The first-order valence-electron chi connectivity index (χ1n) is 5.56. The van der Waals surface area contributed by atoms with E-state index in [4.69, 9.17) is 5.11 Å². The van der Waals surface area contributed by atoms with E-state index in [-0.39, 0.29) is 25.9 Å². The molecule has 0 aromatic heterocycles. The van der Waals surface area contributed by atoms with Gasteiger partial charge in [-0.25, -0.2) is 4.79 Å². The minimum absolute atomic E-state index is 0.0116. The average Bonchev–Trinajstić information content (AvgIpc) is 2.27. The SMILES string of the molecule is CC(NC(=O)N1CCC(C(F)(F)F)CC1)C(=O)O. The number of carboxylic acid groups (broad SMARTS) is 1. The number of carboxylic acids is 1. The number of urea groups is 1. The van der Waals surface area contributed by atoms with Crippen molar-refractivity contribution in [1.29, 1.82) is 0 Å². The number of carbonyl (C=O) groups excluding carboxylic acids is 1. The fourth-order valence-electron chi connectivity index (χ4n) is 1.75. The van der Waals surface area contributed by atoms with Gasteiger partial charge in [-0.15, -0.1) is 0 Å². The van der Waals surface area contributed by atoms with Gasteiger partial charge in [-0.1, -0.05) is 0 Å². The predicted molar refractivity (Wildman–Crippen MR) is 56.0 cm³/mol. The highest BCUT2D eigenvalue weighted by Gasteiger charge is 2.41. The summed E-state index contributed by atoms with van der Waals surface area (Å²) in [7, 11) is 0. The highest BCUT2D eigenvalue weighted by Crippen LogP contribution is 2.33. The molecule has 2 N–H and O–H groups in total. The third kappa shape index (κ3) is 3.78. The Kier molecular flexibility index (Phi) is 4.42. The van der Waals surface area contributed by atoms with Crippen LogP contribution in [0.1, 0.15) is 19.8 Å². The lowest BCUT2D eigenvalue weighted by atomic mass is 9.96. The molecule has 1 unspecified atom stereocenters. The van der Waals surface area contributed by atoms with Crippen LogP contribution in [0.4, 0.5) is 18.0 Å². The van der Waals surface area contributed by atoms with Crippen LogP contribution in [-0.2, 0) is 4.79 Å². The minimum atomic E-state index is -4.23. The molecule has 1 aliphatic rings.